The first-order chi connectivity index (χ1) is 1.73. The molecule has 0 aromatic carbocycles. The minimum absolute atomic E-state index is 0. The van der Waals surface area contributed by atoms with Crippen LogP contribution in [0.2, 0.25) is 0 Å². The minimum atomic E-state index is -0.294. The zero-order chi connectivity index (χ0) is 3.58. The SMILES string of the molecule is [BiH3].[I][Au]([I])[I]. The van der Waals surface area contributed by atoms with Crippen LogP contribution >= 0.6 is 57.1 Å². The second-order valence-electron chi connectivity index (χ2n) is 0.129. The van der Waals surface area contributed by atoms with Crippen LogP contribution in [0.15, 0.2) is 0 Å². The average molecular weight is 790 g/mol. The fraction of sp³-hybridized carbons (Fsp3) is 0. The van der Waals surface area contributed by atoms with Crippen LogP contribution < -0.4 is 0 Å². The second-order valence-corrected chi connectivity index (χ2v) is 47.6. The predicted molar refractivity (Wildman–Crippen MR) is 52.0 cm³/mol. The summed E-state index contributed by atoms with van der Waals surface area (Å²) in [5.74, 6) is 0. The van der Waals surface area contributed by atoms with Gasteiger partial charge in [0.1, 0.15) is 0 Å². The molecule has 0 aliphatic rings. The molecular weight excluding hydrogens is 787 g/mol. The van der Waals surface area contributed by atoms with Gasteiger partial charge in [-0.05, 0) is 0 Å². The van der Waals surface area contributed by atoms with Crippen molar-refractivity contribution in [2.24, 2.45) is 0 Å². The first-order valence-electron chi connectivity index (χ1n) is 0.342. The van der Waals surface area contributed by atoms with E-state index in [-0.39, 0.29) is 33.2 Å². The molecule has 0 N–H and O–H groups in total. The van der Waals surface area contributed by atoms with Crippen molar-refractivity contribution in [3.05, 3.63) is 0 Å². The number of hydrogen-bond donors (Lipinski definition) is 0. The van der Waals surface area contributed by atoms with E-state index in [0.29, 0.717) is 0 Å². The van der Waals surface area contributed by atoms with E-state index >= 15 is 0 Å². The summed E-state index contributed by atoms with van der Waals surface area (Å²) in [5.41, 5.74) is 0. The summed E-state index contributed by atoms with van der Waals surface area (Å²) in [7, 11) is 0. The van der Waals surface area contributed by atoms with E-state index in [9.17, 15) is 0 Å². The first kappa shape index (κ1) is 11.6. The molecule has 0 fully saturated rings. The van der Waals surface area contributed by atoms with E-state index in [0.717, 1.165) is 0 Å². The van der Waals surface area contributed by atoms with Gasteiger partial charge in [0.25, 0.3) is 0 Å². The van der Waals surface area contributed by atoms with Crippen LogP contribution in [0, 0.1) is 0 Å². The molecule has 0 saturated heterocycles. The van der Waals surface area contributed by atoms with Crippen LogP contribution in [0.5, 0.6) is 0 Å². The van der Waals surface area contributed by atoms with E-state index in [4.69, 9.17) is 0 Å². The Balaban J connectivity index is 0. The molecule has 0 aromatic rings. The van der Waals surface area contributed by atoms with Crippen LogP contribution in [-0.4, -0.2) is 26.2 Å². The molecule has 0 unspecified atom stereocenters. The van der Waals surface area contributed by atoms with Crippen molar-refractivity contribution in [3.63, 3.8) is 0 Å². The Hall–Kier alpha value is 3.81. The van der Waals surface area contributed by atoms with Gasteiger partial charge in [0.05, 0.1) is 0 Å². The fourth-order valence-corrected chi connectivity index (χ4v) is 0. The Kier molecular flexibility index (Phi) is 18.1. The van der Waals surface area contributed by atoms with Crippen molar-refractivity contribution >= 4 is 83.3 Å². The normalized spacial score (nSPS) is 9.00. The molecule has 40 valence electrons. The summed E-state index contributed by atoms with van der Waals surface area (Å²) in [6, 6.07) is 0. The monoisotopic (exact) mass is 790 g/mol. The van der Waals surface area contributed by atoms with Gasteiger partial charge in [-0.3, -0.25) is 0 Å². The van der Waals surface area contributed by atoms with E-state index in [1.807, 2.05) is 0 Å². The number of halogens is 3. The van der Waals surface area contributed by atoms with Gasteiger partial charge in [-0.15, -0.1) is 0 Å². The number of rotatable bonds is 0. The van der Waals surface area contributed by atoms with Gasteiger partial charge in [0, 0.05) is 0 Å². The summed E-state index contributed by atoms with van der Waals surface area (Å²) in [4.78, 5) is 0. The summed E-state index contributed by atoms with van der Waals surface area (Å²) < 4.78 is 0. The van der Waals surface area contributed by atoms with Gasteiger partial charge in [-0.2, -0.15) is 0 Å². The third-order valence-corrected chi connectivity index (χ3v) is 0. The topological polar surface area (TPSA) is 0 Å². The van der Waals surface area contributed by atoms with Crippen molar-refractivity contribution in [2.75, 3.05) is 0 Å². The standard InChI is InChI=1S/Au.Bi.3HI.3H/h;;3*1H;;;/q+3;;;;;;;/p-3. The van der Waals surface area contributed by atoms with E-state index in [1.165, 1.54) is 0 Å². The third kappa shape index (κ3) is 18.2. The van der Waals surface area contributed by atoms with Gasteiger partial charge in [0.15, 0.2) is 0 Å². The molecule has 5 heteroatoms. The van der Waals surface area contributed by atoms with Gasteiger partial charge >= 0.3 is 90.3 Å². The molecule has 5 heavy (non-hydrogen) atoms. The zero-order valence-corrected chi connectivity index (χ0v) is 16.3. The molecule has 0 amide bonds. The van der Waals surface area contributed by atoms with E-state index in [2.05, 4.69) is 57.1 Å². The summed E-state index contributed by atoms with van der Waals surface area (Å²) in [6.45, 7) is -0.294. The molecule has 0 heterocycles. The van der Waals surface area contributed by atoms with Crippen LogP contribution in [-0.2, 0) is 6.99 Å². The van der Waals surface area contributed by atoms with Crippen molar-refractivity contribution in [3.8, 4) is 0 Å². The molecule has 0 aliphatic heterocycles. The Bertz CT molecular complexity index is 11.6. The quantitative estimate of drug-likeness (QED) is 0.258. The molecule has 0 aliphatic carbocycles. The van der Waals surface area contributed by atoms with Gasteiger partial charge in [-0.1, -0.05) is 0 Å². The Morgan fingerprint density at radius 1 is 1.00 bits per heavy atom. The Morgan fingerprint density at radius 2 is 1.00 bits per heavy atom. The molecule has 0 saturated carbocycles. The van der Waals surface area contributed by atoms with Crippen LogP contribution in [0.3, 0.4) is 0 Å². The van der Waals surface area contributed by atoms with E-state index < -0.39 is 0 Å². The third-order valence-electron chi connectivity index (χ3n) is 0. The Morgan fingerprint density at radius 3 is 1.00 bits per heavy atom. The van der Waals surface area contributed by atoms with Crippen molar-refractivity contribution < 1.29 is 6.99 Å². The van der Waals surface area contributed by atoms with E-state index in [1.54, 1.807) is 0 Å². The second kappa shape index (κ2) is 7.81. The van der Waals surface area contributed by atoms with Gasteiger partial charge < -0.3 is 0 Å². The van der Waals surface area contributed by atoms with Crippen molar-refractivity contribution in [1.82, 2.24) is 0 Å². The first-order valence-corrected chi connectivity index (χ1v) is 18.8. The average Bonchev–Trinajstić information content (AvgIpc) is 0.811. The van der Waals surface area contributed by atoms with Crippen LogP contribution in [0.1, 0.15) is 0 Å². The zero-order valence-electron chi connectivity index (χ0n) is 2.14. The molecule has 0 nitrogen and oxygen atoms in total. The molecule has 0 radical (unpaired) electrons. The van der Waals surface area contributed by atoms with Crippen molar-refractivity contribution in [2.45, 2.75) is 0 Å². The van der Waals surface area contributed by atoms with Crippen LogP contribution in [0.25, 0.3) is 0 Å². The molecular formula is H3AuBiI3. The van der Waals surface area contributed by atoms with Gasteiger partial charge in [0.2, 0.25) is 0 Å². The van der Waals surface area contributed by atoms with Crippen LogP contribution in [0.4, 0.5) is 0 Å². The predicted octanol–water partition coefficient (Wildman–Crippen LogP) is 1.47. The fourth-order valence-electron chi connectivity index (χ4n) is 0. The maximum absolute atomic E-state index is 2.46. The molecule has 0 atom stereocenters. The summed E-state index contributed by atoms with van der Waals surface area (Å²) >= 11 is 7.39. The van der Waals surface area contributed by atoms with Crippen molar-refractivity contribution in [1.29, 1.82) is 0 Å². The molecule has 0 spiro atoms. The number of hydrogen-bond acceptors (Lipinski definition) is 0. The maximum atomic E-state index is 2.46. The summed E-state index contributed by atoms with van der Waals surface area (Å²) in [5, 5.41) is 0. The Labute approximate surface area is 87.4 Å². The molecule has 0 aromatic heterocycles. The molecule has 0 bridgehead atoms. The van der Waals surface area contributed by atoms with Gasteiger partial charge in [-0.25, -0.2) is 0 Å². The summed E-state index contributed by atoms with van der Waals surface area (Å²) in [6.07, 6.45) is 0. The molecule has 0 rings (SSSR count).